The number of carbonyl (C=O) groups is 1. The van der Waals surface area contributed by atoms with E-state index < -0.39 is 16.0 Å². The lowest BCUT2D eigenvalue weighted by Crippen LogP contribution is -2.16. The summed E-state index contributed by atoms with van der Waals surface area (Å²) in [5, 5.41) is 5.21. The SMILES string of the molecule is CCOC(=O)c1cc(N)c(Oc2ccccc2)c(S(N)(=O)=O)c1. The Morgan fingerprint density at radius 2 is 1.83 bits per heavy atom. The Balaban J connectivity index is 2.55. The van der Waals surface area contributed by atoms with E-state index in [-0.39, 0.29) is 28.5 Å². The molecule has 2 aromatic rings. The first-order valence-electron chi connectivity index (χ1n) is 6.69. The molecular weight excluding hydrogens is 320 g/mol. The zero-order valence-electron chi connectivity index (χ0n) is 12.4. The molecule has 23 heavy (non-hydrogen) atoms. The molecule has 0 aliphatic carbocycles. The van der Waals surface area contributed by atoms with E-state index in [0.717, 1.165) is 6.07 Å². The molecule has 2 rings (SSSR count). The molecule has 0 aromatic heterocycles. The molecule has 0 aliphatic rings. The van der Waals surface area contributed by atoms with Gasteiger partial charge in [0.05, 0.1) is 17.9 Å². The largest absolute Gasteiger partial charge is 0.462 e. The maximum Gasteiger partial charge on any atom is 0.338 e. The average molecular weight is 336 g/mol. The van der Waals surface area contributed by atoms with Crippen LogP contribution < -0.4 is 15.6 Å². The van der Waals surface area contributed by atoms with E-state index in [1.807, 2.05) is 0 Å². The molecule has 0 fully saturated rings. The van der Waals surface area contributed by atoms with E-state index in [1.54, 1.807) is 37.3 Å². The van der Waals surface area contributed by atoms with Crippen molar-refractivity contribution in [2.45, 2.75) is 11.8 Å². The number of benzene rings is 2. The number of ether oxygens (including phenoxy) is 2. The zero-order chi connectivity index (χ0) is 17.0. The Hall–Kier alpha value is -2.58. The molecule has 0 aliphatic heterocycles. The lowest BCUT2D eigenvalue weighted by molar-refractivity contribution is 0.0526. The smallest absolute Gasteiger partial charge is 0.338 e. The third kappa shape index (κ3) is 3.99. The Morgan fingerprint density at radius 3 is 2.39 bits per heavy atom. The van der Waals surface area contributed by atoms with Gasteiger partial charge in [0.15, 0.2) is 5.75 Å². The second-order valence-electron chi connectivity index (χ2n) is 4.57. The quantitative estimate of drug-likeness (QED) is 0.635. The number of nitrogen functional groups attached to an aromatic ring is 1. The van der Waals surface area contributed by atoms with Crippen molar-refractivity contribution in [1.29, 1.82) is 0 Å². The summed E-state index contributed by atoms with van der Waals surface area (Å²) in [4.78, 5) is 11.4. The van der Waals surface area contributed by atoms with Gasteiger partial charge in [0.25, 0.3) is 0 Å². The van der Waals surface area contributed by atoms with Gasteiger partial charge in [-0.25, -0.2) is 18.4 Å². The number of sulfonamides is 1. The van der Waals surface area contributed by atoms with E-state index in [4.69, 9.17) is 20.3 Å². The highest BCUT2D eigenvalue weighted by Gasteiger charge is 2.22. The molecule has 0 bridgehead atoms. The molecule has 0 spiro atoms. The number of anilines is 1. The molecule has 0 radical (unpaired) electrons. The van der Waals surface area contributed by atoms with E-state index in [9.17, 15) is 13.2 Å². The Labute approximate surface area is 133 Å². The monoisotopic (exact) mass is 336 g/mol. The molecule has 0 unspecified atom stereocenters. The first kappa shape index (κ1) is 16.8. The van der Waals surface area contributed by atoms with Crippen LogP contribution in [0.15, 0.2) is 47.4 Å². The second kappa shape index (κ2) is 6.67. The third-order valence-corrected chi connectivity index (χ3v) is 3.78. The van der Waals surface area contributed by atoms with Crippen LogP contribution in [-0.4, -0.2) is 21.0 Å². The van der Waals surface area contributed by atoms with Gasteiger partial charge in [-0.05, 0) is 31.2 Å². The Morgan fingerprint density at radius 1 is 1.17 bits per heavy atom. The van der Waals surface area contributed by atoms with Crippen LogP contribution in [0.1, 0.15) is 17.3 Å². The summed E-state index contributed by atoms with van der Waals surface area (Å²) in [5.41, 5.74) is 5.79. The first-order valence-corrected chi connectivity index (χ1v) is 8.24. The van der Waals surface area contributed by atoms with Gasteiger partial charge in [0.2, 0.25) is 10.0 Å². The van der Waals surface area contributed by atoms with Crippen LogP contribution in [0.2, 0.25) is 0 Å². The molecule has 122 valence electrons. The van der Waals surface area contributed by atoms with Gasteiger partial charge in [0, 0.05) is 0 Å². The molecule has 7 nitrogen and oxygen atoms in total. The predicted octanol–water partition coefficient (Wildman–Crippen LogP) is 1.89. The number of carbonyl (C=O) groups excluding carboxylic acids is 1. The molecule has 2 aromatic carbocycles. The van der Waals surface area contributed by atoms with Gasteiger partial charge in [-0.15, -0.1) is 0 Å². The highest BCUT2D eigenvalue weighted by molar-refractivity contribution is 7.89. The van der Waals surface area contributed by atoms with Crippen molar-refractivity contribution in [2.24, 2.45) is 5.14 Å². The minimum absolute atomic E-state index is 0.0196. The number of rotatable bonds is 5. The molecule has 0 saturated carbocycles. The van der Waals surface area contributed by atoms with E-state index in [2.05, 4.69) is 0 Å². The van der Waals surface area contributed by atoms with Crippen molar-refractivity contribution in [3.05, 3.63) is 48.0 Å². The highest BCUT2D eigenvalue weighted by Crippen LogP contribution is 2.35. The molecule has 0 amide bonds. The van der Waals surface area contributed by atoms with Crippen molar-refractivity contribution in [3.63, 3.8) is 0 Å². The summed E-state index contributed by atoms with van der Waals surface area (Å²) >= 11 is 0. The lowest BCUT2D eigenvalue weighted by atomic mass is 10.2. The fourth-order valence-corrected chi connectivity index (χ4v) is 2.59. The predicted molar refractivity (Wildman–Crippen MR) is 84.7 cm³/mol. The van der Waals surface area contributed by atoms with Crippen molar-refractivity contribution in [2.75, 3.05) is 12.3 Å². The number of para-hydroxylation sites is 1. The summed E-state index contributed by atoms with van der Waals surface area (Å²) in [7, 11) is -4.16. The number of hydrogen-bond donors (Lipinski definition) is 2. The normalized spacial score (nSPS) is 11.0. The molecule has 0 heterocycles. The van der Waals surface area contributed by atoms with Gasteiger partial charge in [-0.1, -0.05) is 18.2 Å². The summed E-state index contributed by atoms with van der Waals surface area (Å²) in [6.07, 6.45) is 0. The van der Waals surface area contributed by atoms with E-state index >= 15 is 0 Å². The standard InChI is InChI=1S/C15H16N2O5S/c1-2-21-15(18)10-8-12(16)14(13(9-10)23(17,19)20)22-11-6-4-3-5-7-11/h3-9H,2,16H2,1H3,(H2,17,19,20). The minimum atomic E-state index is -4.16. The van der Waals surface area contributed by atoms with Gasteiger partial charge in [-0.3, -0.25) is 0 Å². The first-order chi connectivity index (χ1) is 10.8. The maximum absolute atomic E-state index is 11.8. The minimum Gasteiger partial charge on any atom is -0.462 e. The summed E-state index contributed by atoms with van der Waals surface area (Å²) in [5.74, 6) is -0.449. The molecule has 0 saturated heterocycles. The molecule has 8 heteroatoms. The van der Waals surface area contributed by atoms with E-state index in [0.29, 0.717) is 5.75 Å². The fourth-order valence-electron chi connectivity index (χ4n) is 1.88. The van der Waals surface area contributed by atoms with Crippen LogP contribution >= 0.6 is 0 Å². The molecule has 4 N–H and O–H groups in total. The average Bonchev–Trinajstić information content (AvgIpc) is 2.49. The van der Waals surface area contributed by atoms with Gasteiger partial charge < -0.3 is 15.2 Å². The number of esters is 1. The van der Waals surface area contributed by atoms with Crippen LogP contribution in [-0.2, 0) is 14.8 Å². The van der Waals surface area contributed by atoms with Crippen LogP contribution in [0.4, 0.5) is 5.69 Å². The molecular formula is C15H16N2O5S. The van der Waals surface area contributed by atoms with Gasteiger partial charge in [0.1, 0.15) is 10.6 Å². The highest BCUT2D eigenvalue weighted by atomic mass is 32.2. The van der Waals surface area contributed by atoms with Gasteiger partial charge in [-0.2, -0.15) is 0 Å². The van der Waals surface area contributed by atoms with E-state index in [1.165, 1.54) is 6.07 Å². The topological polar surface area (TPSA) is 122 Å². The van der Waals surface area contributed by atoms with Crippen LogP contribution in [0.3, 0.4) is 0 Å². The summed E-state index contributed by atoms with van der Waals surface area (Å²) < 4.78 is 34.0. The third-order valence-electron chi connectivity index (χ3n) is 2.86. The van der Waals surface area contributed by atoms with Crippen LogP contribution in [0.25, 0.3) is 0 Å². The second-order valence-corrected chi connectivity index (χ2v) is 6.10. The zero-order valence-corrected chi connectivity index (χ0v) is 13.2. The van der Waals surface area contributed by atoms with Crippen molar-refractivity contribution in [1.82, 2.24) is 0 Å². The Kier molecular flexibility index (Phi) is 4.87. The summed E-state index contributed by atoms with van der Waals surface area (Å²) in [6.45, 7) is 1.78. The fraction of sp³-hybridized carbons (Fsp3) is 0.133. The number of hydrogen-bond acceptors (Lipinski definition) is 6. The maximum atomic E-state index is 11.8. The Bertz CT molecular complexity index is 819. The molecule has 0 atom stereocenters. The summed E-state index contributed by atoms with van der Waals surface area (Å²) in [6, 6.07) is 10.8. The van der Waals surface area contributed by atoms with Gasteiger partial charge >= 0.3 is 5.97 Å². The van der Waals surface area contributed by atoms with Crippen molar-refractivity contribution < 1.29 is 22.7 Å². The lowest BCUT2D eigenvalue weighted by Gasteiger charge is -2.14. The van der Waals surface area contributed by atoms with Crippen LogP contribution in [0, 0.1) is 0 Å². The van der Waals surface area contributed by atoms with Crippen LogP contribution in [0.5, 0.6) is 11.5 Å². The van der Waals surface area contributed by atoms with Crippen molar-refractivity contribution in [3.8, 4) is 11.5 Å². The van der Waals surface area contributed by atoms with Crippen molar-refractivity contribution >= 4 is 21.7 Å². The number of primary sulfonamides is 1. The number of nitrogens with two attached hydrogens (primary N) is 2.